The van der Waals surface area contributed by atoms with E-state index in [9.17, 15) is 9.59 Å². The van der Waals surface area contributed by atoms with Crippen LogP contribution in [0.15, 0.2) is 17.8 Å². The van der Waals surface area contributed by atoms with E-state index in [2.05, 4.69) is 24.9 Å². The van der Waals surface area contributed by atoms with Crippen LogP contribution >= 0.6 is 11.3 Å². The first-order chi connectivity index (χ1) is 11.6. The number of nitrogens with zero attached hydrogens (tertiary/aromatic N) is 3. The van der Waals surface area contributed by atoms with Crippen molar-refractivity contribution in [3.05, 3.63) is 17.8 Å². The van der Waals surface area contributed by atoms with Crippen LogP contribution in [-0.2, 0) is 9.53 Å². The van der Waals surface area contributed by atoms with E-state index in [1.807, 2.05) is 11.4 Å². The van der Waals surface area contributed by atoms with Crippen LogP contribution in [0, 0.1) is 5.92 Å². The topological polar surface area (TPSA) is 110 Å². The molecule has 0 bridgehead atoms. The molecule has 3 rings (SSSR count). The Morgan fingerprint density at radius 3 is 2.92 bits per heavy atom. The van der Waals surface area contributed by atoms with Crippen LogP contribution in [-0.4, -0.2) is 48.2 Å². The van der Waals surface area contributed by atoms with Gasteiger partial charge < -0.3 is 20.7 Å². The minimum Gasteiger partial charge on any atom is -0.439 e. The van der Waals surface area contributed by atoms with E-state index in [4.69, 9.17) is 5.73 Å². The molecule has 1 aliphatic rings. The van der Waals surface area contributed by atoms with Crippen molar-refractivity contribution < 1.29 is 14.3 Å². The molecule has 0 unspecified atom stereocenters. The van der Waals surface area contributed by atoms with Crippen molar-refractivity contribution in [1.82, 2.24) is 15.3 Å². The van der Waals surface area contributed by atoms with E-state index in [0.717, 1.165) is 42.0 Å². The molecule has 0 radical (unpaired) electrons. The van der Waals surface area contributed by atoms with Gasteiger partial charge in [0.2, 0.25) is 0 Å². The molecule has 1 aliphatic heterocycles. The van der Waals surface area contributed by atoms with Crippen LogP contribution in [0.2, 0.25) is 0 Å². The molecule has 3 heterocycles. The van der Waals surface area contributed by atoms with E-state index >= 15 is 0 Å². The normalized spacial score (nSPS) is 15.4. The Balaban J connectivity index is 1.48. The molecule has 1 saturated heterocycles. The minimum absolute atomic E-state index is 0.378. The predicted octanol–water partition coefficient (Wildman–Crippen LogP) is 1.12. The van der Waals surface area contributed by atoms with Gasteiger partial charge >= 0.3 is 6.09 Å². The van der Waals surface area contributed by atoms with Crippen LogP contribution < -0.4 is 16.0 Å². The van der Waals surface area contributed by atoms with Gasteiger partial charge in [0.05, 0.1) is 10.2 Å². The third kappa shape index (κ3) is 3.91. The smallest absolute Gasteiger partial charge is 0.407 e. The number of carbonyl (C=O) groups excluding carboxylic acids is 2. The van der Waals surface area contributed by atoms with Crippen LogP contribution in [0.4, 0.5) is 10.6 Å². The second kappa shape index (κ2) is 7.43. The molecule has 2 amide bonds. The number of piperidine rings is 1. The maximum absolute atomic E-state index is 11.4. The van der Waals surface area contributed by atoms with Crippen molar-refractivity contribution in [2.75, 3.05) is 31.1 Å². The number of alkyl carbamates (subject to hydrolysis) is 1. The standard InChI is InChI=1S/C15H19N5O3S/c16-12(21)8-23-15(22)17-7-10-1-4-20(5-2-10)14-13-11(3-6-24-13)18-9-19-14/h3,6,9-10H,1-2,4-5,7-8H2,(H2,16,21)(H,17,22). The summed E-state index contributed by atoms with van der Waals surface area (Å²) in [6.45, 7) is 1.90. The lowest BCUT2D eigenvalue weighted by Crippen LogP contribution is -2.39. The van der Waals surface area contributed by atoms with Crippen molar-refractivity contribution in [3.63, 3.8) is 0 Å². The summed E-state index contributed by atoms with van der Waals surface area (Å²) in [6.07, 6.45) is 2.90. The summed E-state index contributed by atoms with van der Waals surface area (Å²) in [7, 11) is 0. The lowest BCUT2D eigenvalue weighted by atomic mass is 9.97. The third-order valence-corrected chi connectivity index (χ3v) is 4.92. The van der Waals surface area contributed by atoms with Gasteiger partial charge in [-0.1, -0.05) is 0 Å². The highest BCUT2D eigenvalue weighted by atomic mass is 32.1. The van der Waals surface area contributed by atoms with E-state index in [1.165, 1.54) is 0 Å². The summed E-state index contributed by atoms with van der Waals surface area (Å²) in [5.74, 6) is 0.702. The average molecular weight is 349 g/mol. The number of fused-ring (bicyclic) bond motifs is 1. The van der Waals surface area contributed by atoms with Gasteiger partial charge in [-0.2, -0.15) is 0 Å². The SMILES string of the molecule is NC(=O)COC(=O)NCC1CCN(c2ncnc3ccsc23)CC1. The molecule has 8 nitrogen and oxygen atoms in total. The zero-order chi connectivity index (χ0) is 16.9. The Morgan fingerprint density at radius 2 is 2.17 bits per heavy atom. The molecular formula is C15H19N5O3S. The Hall–Kier alpha value is -2.42. The number of rotatable bonds is 5. The number of primary amides is 1. The summed E-state index contributed by atoms with van der Waals surface area (Å²) in [4.78, 5) is 33.0. The van der Waals surface area contributed by atoms with Gasteiger partial charge in [-0.3, -0.25) is 4.79 Å². The number of anilines is 1. The quantitative estimate of drug-likeness (QED) is 0.837. The Labute approximate surface area is 143 Å². The van der Waals surface area contributed by atoms with Crippen LogP contribution in [0.5, 0.6) is 0 Å². The van der Waals surface area contributed by atoms with Gasteiger partial charge in [-0.05, 0) is 30.2 Å². The maximum atomic E-state index is 11.4. The summed E-state index contributed by atoms with van der Waals surface area (Å²) < 4.78 is 5.79. The number of nitrogens with two attached hydrogens (primary N) is 1. The Kier molecular flexibility index (Phi) is 5.09. The molecule has 128 valence electrons. The number of aromatic nitrogens is 2. The fraction of sp³-hybridized carbons (Fsp3) is 0.467. The lowest BCUT2D eigenvalue weighted by molar-refractivity contribution is -0.120. The van der Waals surface area contributed by atoms with E-state index in [1.54, 1.807) is 17.7 Å². The monoisotopic (exact) mass is 349 g/mol. The van der Waals surface area contributed by atoms with Crippen molar-refractivity contribution in [2.45, 2.75) is 12.8 Å². The third-order valence-electron chi connectivity index (χ3n) is 4.02. The van der Waals surface area contributed by atoms with Crippen molar-refractivity contribution in [2.24, 2.45) is 11.7 Å². The highest BCUT2D eigenvalue weighted by Crippen LogP contribution is 2.30. The van der Waals surface area contributed by atoms with Gasteiger partial charge in [-0.25, -0.2) is 14.8 Å². The molecular weight excluding hydrogens is 330 g/mol. The van der Waals surface area contributed by atoms with Crippen LogP contribution in [0.3, 0.4) is 0 Å². The highest BCUT2D eigenvalue weighted by molar-refractivity contribution is 7.17. The number of hydrogen-bond acceptors (Lipinski definition) is 7. The molecule has 0 aliphatic carbocycles. The zero-order valence-electron chi connectivity index (χ0n) is 13.1. The number of amides is 2. The Bertz CT molecular complexity index is 727. The Morgan fingerprint density at radius 1 is 1.38 bits per heavy atom. The second-order valence-corrected chi connectivity index (χ2v) is 6.60. The first kappa shape index (κ1) is 16.4. The fourth-order valence-corrected chi connectivity index (χ4v) is 3.63. The second-order valence-electron chi connectivity index (χ2n) is 5.69. The first-order valence-electron chi connectivity index (χ1n) is 7.75. The van der Waals surface area contributed by atoms with Crippen molar-refractivity contribution >= 4 is 39.4 Å². The van der Waals surface area contributed by atoms with Gasteiger partial charge in [0.25, 0.3) is 5.91 Å². The van der Waals surface area contributed by atoms with Crippen LogP contribution in [0.25, 0.3) is 10.2 Å². The van der Waals surface area contributed by atoms with Crippen molar-refractivity contribution in [1.29, 1.82) is 0 Å². The summed E-state index contributed by atoms with van der Waals surface area (Å²) in [5.41, 5.74) is 5.90. The molecule has 24 heavy (non-hydrogen) atoms. The van der Waals surface area contributed by atoms with E-state index in [0.29, 0.717) is 12.5 Å². The number of hydrogen-bond donors (Lipinski definition) is 2. The van der Waals surface area contributed by atoms with Gasteiger partial charge in [0, 0.05) is 19.6 Å². The molecule has 1 fully saturated rings. The summed E-state index contributed by atoms with van der Waals surface area (Å²) >= 11 is 1.65. The largest absolute Gasteiger partial charge is 0.439 e. The molecule has 0 atom stereocenters. The van der Waals surface area contributed by atoms with Crippen LogP contribution in [0.1, 0.15) is 12.8 Å². The van der Waals surface area contributed by atoms with Gasteiger partial charge in [-0.15, -0.1) is 11.3 Å². The van der Waals surface area contributed by atoms with E-state index in [-0.39, 0.29) is 0 Å². The molecule has 2 aromatic heterocycles. The summed E-state index contributed by atoms with van der Waals surface area (Å²) in [5, 5.41) is 4.70. The summed E-state index contributed by atoms with van der Waals surface area (Å²) in [6, 6.07) is 2.00. The fourth-order valence-electron chi connectivity index (χ4n) is 2.77. The zero-order valence-corrected chi connectivity index (χ0v) is 13.9. The molecule has 2 aromatic rings. The molecule has 0 spiro atoms. The lowest BCUT2D eigenvalue weighted by Gasteiger charge is -2.32. The van der Waals surface area contributed by atoms with Crippen molar-refractivity contribution in [3.8, 4) is 0 Å². The van der Waals surface area contributed by atoms with E-state index < -0.39 is 18.6 Å². The number of ether oxygens (including phenoxy) is 1. The van der Waals surface area contributed by atoms with Gasteiger partial charge in [0.15, 0.2) is 6.61 Å². The predicted molar refractivity (Wildman–Crippen MR) is 90.9 cm³/mol. The first-order valence-corrected chi connectivity index (χ1v) is 8.63. The highest BCUT2D eigenvalue weighted by Gasteiger charge is 2.22. The molecule has 0 aromatic carbocycles. The average Bonchev–Trinajstić information content (AvgIpc) is 3.07. The number of thiophene rings is 1. The number of nitrogens with one attached hydrogen (secondary N) is 1. The maximum Gasteiger partial charge on any atom is 0.407 e. The van der Waals surface area contributed by atoms with Gasteiger partial charge in [0.1, 0.15) is 12.1 Å². The molecule has 9 heteroatoms. The molecule has 3 N–H and O–H groups in total. The number of carbonyl (C=O) groups is 2. The minimum atomic E-state index is -0.664. The molecule has 0 saturated carbocycles.